The predicted octanol–water partition coefficient (Wildman–Crippen LogP) is 4.70. The smallest absolute Gasteiger partial charge is 0.340 e. The summed E-state index contributed by atoms with van der Waals surface area (Å²) < 4.78 is 5.22. The van der Waals surface area contributed by atoms with E-state index in [0.29, 0.717) is 29.6 Å². The number of thioether (sulfide) groups is 1. The van der Waals surface area contributed by atoms with Crippen molar-refractivity contribution in [1.29, 1.82) is 0 Å². The van der Waals surface area contributed by atoms with Gasteiger partial charge < -0.3 is 9.64 Å². The quantitative estimate of drug-likeness (QED) is 0.504. The van der Waals surface area contributed by atoms with Gasteiger partial charge in [0.25, 0.3) is 5.91 Å². The van der Waals surface area contributed by atoms with Crippen LogP contribution in [0.1, 0.15) is 28.8 Å². The van der Waals surface area contributed by atoms with Crippen LogP contribution in [0.3, 0.4) is 0 Å². The zero-order valence-electron chi connectivity index (χ0n) is 15.9. The maximum atomic E-state index is 12.4. The lowest BCUT2D eigenvalue weighted by Crippen LogP contribution is -2.41. The molecule has 0 atom stereocenters. The number of esters is 1. The molecule has 0 N–H and O–H groups in total. The van der Waals surface area contributed by atoms with Gasteiger partial charge in [-0.3, -0.25) is 4.79 Å². The first-order chi connectivity index (χ1) is 13.6. The van der Waals surface area contributed by atoms with E-state index in [0.717, 1.165) is 24.2 Å². The first-order valence-corrected chi connectivity index (χ1v) is 11.0. The number of carbonyl (C=O) groups is 2. The highest BCUT2D eigenvalue weighted by Crippen LogP contribution is 2.24. The summed E-state index contributed by atoms with van der Waals surface area (Å²) in [5.74, 6) is -0.126. The summed E-state index contributed by atoms with van der Waals surface area (Å²) in [6.45, 7) is 1.16. The fourth-order valence-corrected chi connectivity index (χ4v) is 4.05. The van der Waals surface area contributed by atoms with Crippen molar-refractivity contribution in [2.24, 2.45) is 5.92 Å². The van der Waals surface area contributed by atoms with Crippen LogP contribution < -0.4 is 0 Å². The zero-order chi connectivity index (χ0) is 19.9. The van der Waals surface area contributed by atoms with Crippen LogP contribution in [0, 0.1) is 5.92 Å². The number of ether oxygens (including phenoxy) is 1. The third kappa shape index (κ3) is 5.52. The molecular formula is C22H24ClNO3S. The predicted molar refractivity (Wildman–Crippen MR) is 113 cm³/mol. The van der Waals surface area contributed by atoms with E-state index in [1.807, 2.05) is 18.4 Å². The molecular weight excluding hydrogens is 394 g/mol. The molecule has 0 bridgehead atoms. The van der Waals surface area contributed by atoms with E-state index in [4.69, 9.17) is 16.3 Å². The van der Waals surface area contributed by atoms with Crippen LogP contribution in [0.5, 0.6) is 0 Å². The van der Waals surface area contributed by atoms with Gasteiger partial charge in [-0.1, -0.05) is 41.9 Å². The molecule has 3 rings (SSSR count). The van der Waals surface area contributed by atoms with Crippen LogP contribution in [0.15, 0.2) is 53.4 Å². The number of rotatable bonds is 6. The molecule has 1 fully saturated rings. The number of halogens is 1. The molecule has 0 saturated carbocycles. The number of nitrogens with zero attached hydrogens (tertiary/aromatic N) is 1. The van der Waals surface area contributed by atoms with Crippen LogP contribution in [-0.4, -0.2) is 42.7 Å². The topological polar surface area (TPSA) is 46.6 Å². The van der Waals surface area contributed by atoms with Crippen molar-refractivity contribution in [2.75, 3.05) is 26.0 Å². The number of carbonyl (C=O) groups excluding carboxylic acids is 2. The Bertz CT molecular complexity index is 820. The maximum Gasteiger partial charge on any atom is 0.340 e. The van der Waals surface area contributed by atoms with Crippen molar-refractivity contribution >= 4 is 35.2 Å². The molecule has 2 aromatic carbocycles. The second-order valence-corrected chi connectivity index (χ2v) is 8.22. The molecule has 1 amide bonds. The summed E-state index contributed by atoms with van der Waals surface area (Å²) in [7, 11) is 0. The molecule has 1 saturated heterocycles. The Balaban J connectivity index is 1.46. The highest BCUT2D eigenvalue weighted by molar-refractivity contribution is 7.98. The molecule has 0 aromatic heterocycles. The van der Waals surface area contributed by atoms with E-state index < -0.39 is 5.97 Å². The van der Waals surface area contributed by atoms with E-state index >= 15 is 0 Å². The molecule has 4 nitrogen and oxygen atoms in total. The Hall–Kier alpha value is -1.98. The molecule has 1 aliphatic heterocycles. The van der Waals surface area contributed by atoms with Gasteiger partial charge in [-0.15, -0.1) is 11.8 Å². The largest absolute Gasteiger partial charge is 0.452 e. The van der Waals surface area contributed by atoms with Crippen molar-refractivity contribution in [3.05, 3.63) is 64.7 Å². The lowest BCUT2D eigenvalue weighted by Gasteiger charge is -2.32. The summed E-state index contributed by atoms with van der Waals surface area (Å²) in [6, 6.07) is 15.6. The minimum absolute atomic E-state index is 0.149. The molecule has 2 aromatic rings. The normalized spacial score (nSPS) is 14.7. The van der Waals surface area contributed by atoms with E-state index in [9.17, 15) is 9.59 Å². The van der Waals surface area contributed by atoms with Gasteiger partial charge in [-0.2, -0.15) is 0 Å². The summed E-state index contributed by atoms with van der Waals surface area (Å²) in [5, 5.41) is 0.331. The van der Waals surface area contributed by atoms with Crippen molar-refractivity contribution < 1.29 is 14.3 Å². The molecule has 0 spiro atoms. The highest BCUT2D eigenvalue weighted by atomic mass is 35.5. The summed E-state index contributed by atoms with van der Waals surface area (Å²) in [5.41, 5.74) is 1.63. The Kier molecular flexibility index (Phi) is 7.40. The number of likely N-dealkylation sites (tertiary alicyclic amines) is 1. The third-order valence-electron chi connectivity index (χ3n) is 5.05. The Morgan fingerprint density at radius 1 is 1.14 bits per heavy atom. The molecule has 1 heterocycles. The van der Waals surface area contributed by atoms with Gasteiger partial charge in [0.1, 0.15) is 0 Å². The molecule has 28 heavy (non-hydrogen) atoms. The molecule has 6 heteroatoms. The molecule has 0 aliphatic carbocycles. The van der Waals surface area contributed by atoms with Crippen LogP contribution in [0.2, 0.25) is 5.02 Å². The minimum Gasteiger partial charge on any atom is -0.452 e. The Morgan fingerprint density at radius 2 is 1.86 bits per heavy atom. The van der Waals surface area contributed by atoms with Crippen LogP contribution in [-0.2, 0) is 16.0 Å². The van der Waals surface area contributed by atoms with Crippen LogP contribution >= 0.6 is 23.4 Å². The van der Waals surface area contributed by atoms with Gasteiger partial charge in [0.2, 0.25) is 0 Å². The number of amides is 1. The van der Waals surface area contributed by atoms with Gasteiger partial charge in [0.05, 0.1) is 10.6 Å². The maximum absolute atomic E-state index is 12.4. The molecule has 148 valence electrons. The van der Waals surface area contributed by atoms with Gasteiger partial charge in [-0.05, 0) is 55.2 Å². The average molecular weight is 418 g/mol. The number of hydrogen-bond donors (Lipinski definition) is 0. The standard InChI is InChI=1S/C22H24ClNO3S/c1-28-18-7-8-20(23)19(14-18)22(26)27-15-21(25)24-11-9-17(10-12-24)13-16-5-3-2-4-6-16/h2-8,14,17H,9-13,15H2,1H3. The second-order valence-electron chi connectivity index (χ2n) is 6.94. The second kappa shape index (κ2) is 9.99. The molecule has 0 unspecified atom stereocenters. The van der Waals surface area contributed by atoms with Gasteiger partial charge in [0.15, 0.2) is 6.61 Å². The van der Waals surface area contributed by atoms with E-state index in [-0.39, 0.29) is 12.5 Å². The lowest BCUT2D eigenvalue weighted by molar-refractivity contribution is -0.135. The lowest BCUT2D eigenvalue weighted by atomic mass is 9.90. The fourth-order valence-electron chi connectivity index (χ4n) is 3.42. The SMILES string of the molecule is CSc1ccc(Cl)c(C(=O)OCC(=O)N2CCC(Cc3ccccc3)CC2)c1. The number of piperidine rings is 1. The Labute approximate surface area is 175 Å². The van der Waals surface area contributed by atoms with Gasteiger partial charge in [-0.25, -0.2) is 4.79 Å². The number of hydrogen-bond acceptors (Lipinski definition) is 4. The highest BCUT2D eigenvalue weighted by Gasteiger charge is 2.24. The zero-order valence-corrected chi connectivity index (χ0v) is 17.5. The van der Waals surface area contributed by atoms with Crippen LogP contribution in [0.25, 0.3) is 0 Å². The van der Waals surface area contributed by atoms with Gasteiger partial charge in [0, 0.05) is 18.0 Å². The summed E-state index contributed by atoms with van der Waals surface area (Å²) in [6.07, 6.45) is 4.90. The molecule has 0 radical (unpaired) electrons. The van der Waals surface area contributed by atoms with Crippen molar-refractivity contribution in [2.45, 2.75) is 24.2 Å². The fraction of sp³-hybridized carbons (Fsp3) is 0.364. The summed E-state index contributed by atoms with van der Waals surface area (Å²) >= 11 is 7.60. The van der Waals surface area contributed by atoms with Gasteiger partial charge >= 0.3 is 5.97 Å². The van der Waals surface area contributed by atoms with E-state index in [1.165, 1.54) is 17.3 Å². The Morgan fingerprint density at radius 3 is 2.54 bits per heavy atom. The summed E-state index contributed by atoms with van der Waals surface area (Å²) in [4.78, 5) is 27.4. The first-order valence-electron chi connectivity index (χ1n) is 9.39. The van der Waals surface area contributed by atoms with Crippen molar-refractivity contribution in [1.82, 2.24) is 4.90 Å². The monoisotopic (exact) mass is 417 g/mol. The average Bonchev–Trinajstić information content (AvgIpc) is 2.73. The van der Waals surface area contributed by atoms with Crippen LogP contribution in [0.4, 0.5) is 0 Å². The first kappa shape index (κ1) is 20.7. The van der Waals surface area contributed by atoms with Crippen molar-refractivity contribution in [3.8, 4) is 0 Å². The number of benzene rings is 2. The third-order valence-corrected chi connectivity index (χ3v) is 6.11. The van der Waals surface area contributed by atoms with Crippen molar-refractivity contribution in [3.63, 3.8) is 0 Å². The van der Waals surface area contributed by atoms with E-state index in [2.05, 4.69) is 24.3 Å². The van der Waals surface area contributed by atoms with E-state index in [1.54, 1.807) is 17.0 Å². The minimum atomic E-state index is -0.562. The molecule has 1 aliphatic rings.